The molecule has 0 bridgehead atoms. The van der Waals surface area contributed by atoms with E-state index in [1.165, 1.54) is 12.1 Å². The van der Waals surface area contributed by atoms with Crippen molar-refractivity contribution in [1.82, 2.24) is 9.55 Å². The van der Waals surface area contributed by atoms with Crippen molar-refractivity contribution >= 4 is 28.3 Å². The van der Waals surface area contributed by atoms with E-state index in [0.29, 0.717) is 22.2 Å². The van der Waals surface area contributed by atoms with Crippen LogP contribution in [0.4, 0.5) is 10.1 Å². The number of nitrogen functional groups attached to an aromatic ring is 1. The van der Waals surface area contributed by atoms with Crippen molar-refractivity contribution in [3.05, 3.63) is 53.1 Å². The molecule has 1 heterocycles. The molecule has 1 aromatic heterocycles. The number of aromatic nitrogens is 2. The molecule has 96 valence electrons. The van der Waals surface area contributed by atoms with E-state index < -0.39 is 0 Å². The number of nitrogens with two attached hydrogens (primary N) is 1. The fraction of sp³-hybridized carbons (Fsp3) is 0.0714. The van der Waals surface area contributed by atoms with Gasteiger partial charge in [0.2, 0.25) is 0 Å². The van der Waals surface area contributed by atoms with Crippen LogP contribution in [0.3, 0.4) is 0 Å². The van der Waals surface area contributed by atoms with Crippen LogP contribution in [0.5, 0.6) is 0 Å². The quantitative estimate of drug-likeness (QED) is 0.688. The van der Waals surface area contributed by atoms with Crippen molar-refractivity contribution in [2.75, 3.05) is 5.73 Å². The van der Waals surface area contributed by atoms with Gasteiger partial charge in [-0.15, -0.1) is 0 Å². The van der Waals surface area contributed by atoms with E-state index in [9.17, 15) is 4.39 Å². The fourth-order valence-electron chi connectivity index (χ4n) is 2.18. The van der Waals surface area contributed by atoms with Gasteiger partial charge >= 0.3 is 0 Å². The van der Waals surface area contributed by atoms with Gasteiger partial charge in [-0.1, -0.05) is 11.6 Å². The molecule has 3 rings (SSSR count). The third kappa shape index (κ3) is 1.94. The van der Waals surface area contributed by atoms with Crippen LogP contribution in [-0.2, 0) is 0 Å². The van der Waals surface area contributed by atoms with Gasteiger partial charge in [0.15, 0.2) is 0 Å². The molecular formula is C14H11ClFN3. The molecule has 0 spiro atoms. The first kappa shape index (κ1) is 12.0. The van der Waals surface area contributed by atoms with Crippen molar-refractivity contribution in [2.24, 2.45) is 0 Å². The highest BCUT2D eigenvalue weighted by atomic mass is 35.5. The average molecular weight is 276 g/mol. The third-order valence-corrected chi connectivity index (χ3v) is 3.23. The van der Waals surface area contributed by atoms with Gasteiger partial charge in [-0.2, -0.15) is 0 Å². The highest BCUT2D eigenvalue weighted by molar-refractivity contribution is 6.30. The summed E-state index contributed by atoms with van der Waals surface area (Å²) >= 11 is 5.94. The van der Waals surface area contributed by atoms with E-state index in [4.69, 9.17) is 17.3 Å². The molecule has 0 atom stereocenters. The topological polar surface area (TPSA) is 43.8 Å². The van der Waals surface area contributed by atoms with Crippen molar-refractivity contribution in [3.8, 4) is 5.69 Å². The number of benzene rings is 2. The first-order chi connectivity index (χ1) is 9.06. The van der Waals surface area contributed by atoms with Gasteiger partial charge in [-0.3, -0.25) is 4.57 Å². The molecule has 19 heavy (non-hydrogen) atoms. The maximum atomic E-state index is 14.0. The first-order valence-electron chi connectivity index (χ1n) is 5.76. The van der Waals surface area contributed by atoms with Gasteiger partial charge in [0.05, 0.1) is 16.7 Å². The highest BCUT2D eigenvalue weighted by Gasteiger charge is 2.13. The molecule has 0 aliphatic heterocycles. The molecule has 5 heteroatoms. The Hall–Kier alpha value is -2.07. The minimum atomic E-state index is -0.344. The largest absolute Gasteiger partial charge is 0.399 e. The molecule has 3 aromatic rings. The van der Waals surface area contributed by atoms with Gasteiger partial charge in [-0.25, -0.2) is 9.37 Å². The molecule has 0 amide bonds. The molecule has 2 aromatic carbocycles. The zero-order chi connectivity index (χ0) is 13.6. The van der Waals surface area contributed by atoms with Crippen LogP contribution in [0.2, 0.25) is 5.02 Å². The molecule has 0 saturated heterocycles. The molecule has 2 N–H and O–H groups in total. The Kier molecular flexibility index (Phi) is 2.68. The van der Waals surface area contributed by atoms with E-state index in [2.05, 4.69) is 4.98 Å². The van der Waals surface area contributed by atoms with E-state index in [-0.39, 0.29) is 5.82 Å². The van der Waals surface area contributed by atoms with Crippen LogP contribution in [0.1, 0.15) is 5.82 Å². The fourth-order valence-corrected chi connectivity index (χ4v) is 2.35. The van der Waals surface area contributed by atoms with Crippen LogP contribution in [0.15, 0.2) is 36.4 Å². The average Bonchev–Trinajstić information content (AvgIpc) is 2.67. The van der Waals surface area contributed by atoms with Crippen LogP contribution in [0, 0.1) is 12.7 Å². The minimum absolute atomic E-state index is 0.344. The summed E-state index contributed by atoms with van der Waals surface area (Å²) < 4.78 is 15.7. The Labute approximate surface area is 114 Å². The predicted octanol–water partition coefficient (Wildman–Crippen LogP) is 3.71. The first-order valence-corrected chi connectivity index (χ1v) is 6.14. The summed E-state index contributed by atoms with van der Waals surface area (Å²) in [5, 5.41) is 0.480. The summed E-state index contributed by atoms with van der Waals surface area (Å²) in [7, 11) is 0. The smallest absolute Gasteiger partial charge is 0.147 e. The third-order valence-electron chi connectivity index (χ3n) is 3.00. The molecule has 0 radical (unpaired) electrons. The van der Waals surface area contributed by atoms with Crippen LogP contribution < -0.4 is 5.73 Å². The van der Waals surface area contributed by atoms with Crippen LogP contribution in [0.25, 0.3) is 16.7 Å². The maximum Gasteiger partial charge on any atom is 0.147 e. The van der Waals surface area contributed by atoms with Crippen molar-refractivity contribution < 1.29 is 4.39 Å². The Morgan fingerprint density at radius 1 is 1.21 bits per heavy atom. The number of halogens is 2. The second kappa shape index (κ2) is 4.24. The van der Waals surface area contributed by atoms with Crippen LogP contribution in [-0.4, -0.2) is 9.55 Å². The Bertz CT molecular complexity index is 780. The zero-order valence-corrected chi connectivity index (χ0v) is 10.9. The summed E-state index contributed by atoms with van der Waals surface area (Å²) in [5.74, 6) is 0.338. The summed E-state index contributed by atoms with van der Waals surface area (Å²) in [6.45, 7) is 1.82. The van der Waals surface area contributed by atoms with Gasteiger partial charge in [-0.05, 0) is 43.3 Å². The van der Waals surface area contributed by atoms with E-state index in [0.717, 1.165) is 11.0 Å². The summed E-state index contributed by atoms with van der Waals surface area (Å²) in [5.41, 5.74) is 8.28. The van der Waals surface area contributed by atoms with Crippen LogP contribution >= 0.6 is 11.6 Å². The van der Waals surface area contributed by atoms with Gasteiger partial charge in [0, 0.05) is 10.7 Å². The van der Waals surface area contributed by atoms with Crippen molar-refractivity contribution in [2.45, 2.75) is 6.92 Å². The Morgan fingerprint density at radius 2 is 2.00 bits per heavy atom. The summed E-state index contributed by atoms with van der Waals surface area (Å²) in [4.78, 5) is 4.39. The van der Waals surface area contributed by atoms with Gasteiger partial charge in [0.25, 0.3) is 0 Å². The molecule has 0 aliphatic carbocycles. The standard InChI is InChI=1S/C14H11ClFN3/c1-8-18-12-7-10(17)3-5-13(12)19(8)14-6-9(15)2-4-11(14)16/h2-7H,17H2,1H3. The van der Waals surface area contributed by atoms with E-state index >= 15 is 0 Å². The Balaban J connectivity index is 2.36. The number of rotatable bonds is 1. The minimum Gasteiger partial charge on any atom is -0.399 e. The molecule has 3 nitrogen and oxygen atoms in total. The molecule has 0 saturated carbocycles. The lowest BCUT2D eigenvalue weighted by Crippen LogP contribution is -2.00. The normalized spacial score (nSPS) is 11.1. The summed E-state index contributed by atoms with van der Waals surface area (Å²) in [6.07, 6.45) is 0. The number of imidazole rings is 1. The lowest BCUT2D eigenvalue weighted by Gasteiger charge is -2.08. The Morgan fingerprint density at radius 3 is 2.79 bits per heavy atom. The number of hydrogen-bond acceptors (Lipinski definition) is 2. The number of aryl methyl sites for hydroxylation is 1. The lowest BCUT2D eigenvalue weighted by molar-refractivity contribution is 0.618. The molecule has 0 unspecified atom stereocenters. The van der Waals surface area contributed by atoms with E-state index in [1.54, 1.807) is 22.8 Å². The monoisotopic (exact) mass is 275 g/mol. The second-order valence-electron chi connectivity index (χ2n) is 4.34. The maximum absolute atomic E-state index is 14.0. The lowest BCUT2D eigenvalue weighted by atomic mass is 10.2. The second-order valence-corrected chi connectivity index (χ2v) is 4.77. The number of fused-ring (bicyclic) bond motifs is 1. The van der Waals surface area contributed by atoms with Gasteiger partial charge in [0.1, 0.15) is 11.6 Å². The van der Waals surface area contributed by atoms with Gasteiger partial charge < -0.3 is 5.73 Å². The number of hydrogen-bond donors (Lipinski definition) is 1. The molecular weight excluding hydrogens is 265 g/mol. The summed E-state index contributed by atoms with van der Waals surface area (Å²) in [6, 6.07) is 9.81. The number of anilines is 1. The van der Waals surface area contributed by atoms with E-state index in [1.807, 2.05) is 13.0 Å². The van der Waals surface area contributed by atoms with Crippen molar-refractivity contribution in [3.63, 3.8) is 0 Å². The van der Waals surface area contributed by atoms with Crippen molar-refractivity contribution in [1.29, 1.82) is 0 Å². The number of nitrogens with zero attached hydrogens (tertiary/aromatic N) is 2. The highest BCUT2D eigenvalue weighted by Crippen LogP contribution is 2.26. The predicted molar refractivity (Wildman–Crippen MR) is 75.2 cm³/mol. The molecule has 0 aliphatic rings. The SMILES string of the molecule is Cc1nc2cc(N)ccc2n1-c1cc(Cl)ccc1F. The zero-order valence-electron chi connectivity index (χ0n) is 10.2. The molecule has 0 fully saturated rings.